The Morgan fingerprint density at radius 3 is 2.48 bits per heavy atom. The SMILES string of the molecule is CC(C)(C)OC(=O)N1C[C@H](O)C[C@H]1C(=O)N[C@H]1CCC[C@@H](Nc2ncc(Cl)c(-c3cn(S(=O)(=O)c4ccccc4)c4ccccc34)n2)C1. The number of aliphatic hydroxyl groups excluding tert-OH is 1. The van der Waals surface area contributed by atoms with Crippen molar-refractivity contribution in [3.63, 3.8) is 0 Å². The highest BCUT2D eigenvalue weighted by molar-refractivity contribution is 7.90. The molecule has 1 saturated carbocycles. The van der Waals surface area contributed by atoms with E-state index in [-0.39, 0.29) is 40.9 Å². The van der Waals surface area contributed by atoms with Crippen LogP contribution < -0.4 is 10.6 Å². The molecule has 2 aromatic heterocycles. The van der Waals surface area contributed by atoms with Crippen LogP contribution >= 0.6 is 11.6 Å². The van der Waals surface area contributed by atoms with Crippen molar-refractivity contribution >= 4 is 50.5 Å². The Bertz CT molecular complexity index is 1930. The van der Waals surface area contributed by atoms with Crippen LogP contribution in [0.4, 0.5) is 10.7 Å². The predicted octanol–water partition coefficient (Wildman–Crippen LogP) is 5.20. The van der Waals surface area contributed by atoms with Gasteiger partial charge in [-0.3, -0.25) is 9.69 Å². The standard InChI is InChI=1S/C34H39ClN6O6S/c1-34(2,3)47-33(44)40-19-23(42)17-29(40)31(43)37-21-10-9-11-22(16-21)38-32-36-18-27(35)30(39-32)26-20-41(28-15-8-7-14-25(26)28)48(45,46)24-12-5-4-6-13-24/h4-8,12-15,18,20-23,29,42H,9-11,16-17,19H2,1-3H3,(H,37,43)(H,36,38,39)/t21-,22+,23+,29-/m0/s1. The molecule has 2 aliphatic rings. The van der Waals surface area contributed by atoms with Crippen LogP contribution in [0, 0.1) is 0 Å². The van der Waals surface area contributed by atoms with E-state index in [1.165, 1.54) is 21.3 Å². The third-order valence-corrected chi connectivity index (χ3v) is 10.5. The Kier molecular flexibility index (Phi) is 9.38. The Morgan fingerprint density at radius 2 is 1.73 bits per heavy atom. The summed E-state index contributed by atoms with van der Waals surface area (Å²) in [4.78, 5) is 36.7. The predicted molar refractivity (Wildman–Crippen MR) is 182 cm³/mol. The van der Waals surface area contributed by atoms with Gasteiger partial charge in [-0.25, -0.2) is 27.2 Å². The smallest absolute Gasteiger partial charge is 0.411 e. The molecule has 2 fully saturated rings. The van der Waals surface area contributed by atoms with E-state index >= 15 is 0 Å². The highest BCUT2D eigenvalue weighted by Crippen LogP contribution is 2.36. The van der Waals surface area contributed by atoms with Crippen LogP contribution in [0.1, 0.15) is 52.9 Å². The molecule has 0 spiro atoms. The van der Waals surface area contributed by atoms with Crippen LogP contribution in [-0.2, 0) is 19.6 Å². The number of fused-ring (bicyclic) bond motifs is 1. The minimum absolute atomic E-state index is 0.0366. The molecule has 1 aliphatic carbocycles. The van der Waals surface area contributed by atoms with Gasteiger partial charge in [-0.2, -0.15) is 0 Å². The summed E-state index contributed by atoms with van der Waals surface area (Å²) in [6.07, 6.45) is 4.73. The number of ether oxygens (including phenoxy) is 1. The van der Waals surface area contributed by atoms with E-state index in [1.807, 2.05) is 12.1 Å². The number of halogens is 1. The van der Waals surface area contributed by atoms with Gasteiger partial charge in [0.2, 0.25) is 11.9 Å². The zero-order valence-corrected chi connectivity index (χ0v) is 28.5. The third kappa shape index (κ3) is 7.13. The number of aliphatic hydroxyl groups is 1. The number of nitrogens with one attached hydrogen (secondary N) is 2. The first-order chi connectivity index (χ1) is 22.8. The minimum atomic E-state index is -3.90. The number of benzene rings is 2. The summed E-state index contributed by atoms with van der Waals surface area (Å²) in [5, 5.41) is 17.7. The Hall–Kier alpha value is -4.20. The molecule has 2 amide bonds. The van der Waals surface area contributed by atoms with Crippen LogP contribution in [-0.4, -0.2) is 80.7 Å². The summed E-state index contributed by atoms with van der Waals surface area (Å²) in [5.41, 5.74) is 0.693. The van der Waals surface area contributed by atoms with E-state index in [0.717, 1.165) is 19.3 Å². The lowest BCUT2D eigenvalue weighted by Gasteiger charge is -2.32. The average molecular weight is 695 g/mol. The highest BCUT2D eigenvalue weighted by atomic mass is 35.5. The van der Waals surface area contributed by atoms with Gasteiger partial charge >= 0.3 is 6.09 Å². The molecule has 4 aromatic rings. The van der Waals surface area contributed by atoms with Crippen molar-refractivity contribution in [1.29, 1.82) is 0 Å². The molecule has 12 nitrogen and oxygen atoms in total. The first-order valence-corrected chi connectivity index (χ1v) is 17.8. The summed E-state index contributed by atoms with van der Waals surface area (Å²) in [6.45, 7) is 5.30. The Morgan fingerprint density at radius 1 is 1.02 bits per heavy atom. The maximum absolute atomic E-state index is 13.6. The number of anilines is 1. The van der Waals surface area contributed by atoms with Crippen molar-refractivity contribution in [3.8, 4) is 11.3 Å². The fraction of sp³-hybridized carbons (Fsp3) is 0.412. The number of amides is 2. The molecule has 4 atom stereocenters. The molecule has 14 heteroatoms. The topological polar surface area (TPSA) is 156 Å². The molecular formula is C34H39ClN6O6S. The van der Waals surface area contributed by atoms with Crippen LogP contribution in [0.25, 0.3) is 22.2 Å². The molecule has 3 heterocycles. The van der Waals surface area contributed by atoms with Gasteiger partial charge in [0, 0.05) is 35.7 Å². The number of hydrogen-bond acceptors (Lipinski definition) is 9. The molecule has 3 N–H and O–H groups in total. The molecule has 0 radical (unpaired) electrons. The first-order valence-electron chi connectivity index (χ1n) is 16.0. The van der Waals surface area contributed by atoms with E-state index in [1.54, 1.807) is 63.2 Å². The summed E-state index contributed by atoms with van der Waals surface area (Å²) in [5.74, 6) is -0.000858. The summed E-state index contributed by atoms with van der Waals surface area (Å²) in [7, 11) is -3.90. The Labute approximate surface area is 284 Å². The molecule has 0 bridgehead atoms. The van der Waals surface area contributed by atoms with E-state index in [9.17, 15) is 23.1 Å². The van der Waals surface area contributed by atoms with Crippen molar-refractivity contribution in [2.45, 2.75) is 87.6 Å². The largest absolute Gasteiger partial charge is 0.444 e. The maximum Gasteiger partial charge on any atom is 0.411 e. The van der Waals surface area contributed by atoms with E-state index in [2.05, 4.69) is 15.6 Å². The molecule has 254 valence electrons. The lowest BCUT2D eigenvalue weighted by molar-refractivity contribution is -0.126. The van der Waals surface area contributed by atoms with Gasteiger partial charge in [-0.1, -0.05) is 48.0 Å². The second-order valence-corrected chi connectivity index (χ2v) is 15.5. The molecule has 0 unspecified atom stereocenters. The lowest BCUT2D eigenvalue weighted by atomic mass is 9.90. The third-order valence-electron chi connectivity index (χ3n) is 8.54. The van der Waals surface area contributed by atoms with Crippen molar-refractivity contribution in [3.05, 3.63) is 72.0 Å². The van der Waals surface area contributed by atoms with Gasteiger partial charge in [0.25, 0.3) is 10.0 Å². The van der Waals surface area contributed by atoms with Gasteiger partial charge in [0.1, 0.15) is 11.6 Å². The second kappa shape index (κ2) is 13.4. The Balaban J connectivity index is 1.19. The first kappa shape index (κ1) is 33.7. The molecule has 1 saturated heterocycles. The maximum atomic E-state index is 13.6. The number of carbonyl (C=O) groups excluding carboxylic acids is 2. The van der Waals surface area contributed by atoms with Gasteiger partial charge in [0.15, 0.2) is 0 Å². The number of likely N-dealkylation sites (tertiary alicyclic amines) is 1. The van der Waals surface area contributed by atoms with Crippen LogP contribution in [0.2, 0.25) is 5.02 Å². The van der Waals surface area contributed by atoms with Crippen molar-refractivity contribution < 1.29 is 27.9 Å². The number of carbonyl (C=O) groups is 2. The van der Waals surface area contributed by atoms with Crippen molar-refractivity contribution in [1.82, 2.24) is 24.2 Å². The van der Waals surface area contributed by atoms with Gasteiger partial charge < -0.3 is 20.5 Å². The number of rotatable bonds is 7. The van der Waals surface area contributed by atoms with Crippen molar-refractivity contribution in [2.24, 2.45) is 0 Å². The monoisotopic (exact) mass is 694 g/mol. The summed E-state index contributed by atoms with van der Waals surface area (Å²) < 4.78 is 34.0. The zero-order chi connectivity index (χ0) is 34.2. The van der Waals surface area contributed by atoms with Crippen LogP contribution in [0.5, 0.6) is 0 Å². The van der Waals surface area contributed by atoms with E-state index in [0.29, 0.717) is 34.5 Å². The van der Waals surface area contributed by atoms with E-state index in [4.69, 9.17) is 21.3 Å². The zero-order valence-electron chi connectivity index (χ0n) is 27.0. The van der Waals surface area contributed by atoms with Gasteiger partial charge in [-0.05, 0) is 64.7 Å². The van der Waals surface area contributed by atoms with Crippen LogP contribution in [0.3, 0.4) is 0 Å². The number of hydrogen-bond donors (Lipinski definition) is 3. The molecule has 48 heavy (non-hydrogen) atoms. The fourth-order valence-electron chi connectivity index (χ4n) is 6.39. The molecule has 1 aliphatic heterocycles. The summed E-state index contributed by atoms with van der Waals surface area (Å²) in [6, 6.07) is 14.3. The second-order valence-electron chi connectivity index (χ2n) is 13.3. The quantitative estimate of drug-likeness (QED) is 0.237. The van der Waals surface area contributed by atoms with Crippen LogP contribution in [0.15, 0.2) is 71.9 Å². The number of β-amino-alcohol motifs (C(OH)–C–C–N with tert-alkyl or cyclic N) is 1. The minimum Gasteiger partial charge on any atom is -0.444 e. The normalized spacial score (nSPS) is 21.6. The molecule has 2 aromatic carbocycles. The molecular weight excluding hydrogens is 656 g/mol. The lowest BCUT2D eigenvalue weighted by Crippen LogP contribution is -2.51. The average Bonchev–Trinajstić information content (AvgIpc) is 3.64. The number of para-hydroxylation sites is 1. The molecule has 6 rings (SSSR count). The number of nitrogens with zero attached hydrogens (tertiary/aromatic N) is 4. The summed E-state index contributed by atoms with van der Waals surface area (Å²) >= 11 is 6.62. The highest BCUT2D eigenvalue weighted by Gasteiger charge is 2.41. The van der Waals surface area contributed by atoms with Gasteiger partial charge in [0.05, 0.1) is 40.0 Å². The fourth-order valence-corrected chi connectivity index (χ4v) is 7.97. The van der Waals surface area contributed by atoms with E-state index < -0.39 is 33.9 Å². The van der Waals surface area contributed by atoms with Crippen molar-refractivity contribution in [2.75, 3.05) is 11.9 Å². The number of aromatic nitrogens is 3. The van der Waals surface area contributed by atoms with Gasteiger partial charge in [-0.15, -0.1) is 0 Å².